The average molecular weight is 494 g/mol. The Kier molecular flexibility index (Phi) is 7.10. The minimum absolute atomic E-state index is 0.166. The van der Waals surface area contributed by atoms with Crippen LogP contribution in [0.1, 0.15) is 21.5 Å². The summed E-state index contributed by atoms with van der Waals surface area (Å²) in [5, 5.41) is 8.41. The van der Waals surface area contributed by atoms with E-state index in [4.69, 9.17) is 21.4 Å². The first kappa shape index (κ1) is 23.4. The molecule has 5 nitrogen and oxygen atoms in total. The standard InChI is InChI=1S/C30H24ClN3O2/c31-27-16-7-8-17-28(27)36-21-22-10-9-13-24(18-22)30(35)32-19-25-20-34(26-14-5-2-6-15-26)33-29(25)23-11-3-1-4-12-23/h1-18,20H,19,21H2,(H,32,35). The van der Waals surface area contributed by atoms with Gasteiger partial charge in [-0.15, -0.1) is 0 Å². The number of hydrogen-bond donors (Lipinski definition) is 1. The first-order valence-electron chi connectivity index (χ1n) is 11.6. The van der Waals surface area contributed by atoms with Gasteiger partial charge < -0.3 is 10.1 Å². The Labute approximate surface area is 214 Å². The lowest BCUT2D eigenvalue weighted by molar-refractivity contribution is 0.0951. The molecule has 1 amide bonds. The monoisotopic (exact) mass is 493 g/mol. The molecule has 0 radical (unpaired) electrons. The van der Waals surface area contributed by atoms with E-state index in [-0.39, 0.29) is 5.91 Å². The lowest BCUT2D eigenvalue weighted by Crippen LogP contribution is -2.23. The molecule has 36 heavy (non-hydrogen) atoms. The van der Waals surface area contributed by atoms with E-state index < -0.39 is 0 Å². The molecule has 0 saturated heterocycles. The molecule has 1 N–H and O–H groups in total. The van der Waals surface area contributed by atoms with Gasteiger partial charge in [-0.2, -0.15) is 5.10 Å². The summed E-state index contributed by atoms with van der Waals surface area (Å²) < 4.78 is 7.67. The third-order valence-corrected chi connectivity index (χ3v) is 6.03. The first-order chi connectivity index (χ1) is 17.7. The average Bonchev–Trinajstić information content (AvgIpc) is 3.37. The number of rotatable bonds is 8. The van der Waals surface area contributed by atoms with E-state index in [9.17, 15) is 4.79 Å². The van der Waals surface area contributed by atoms with Gasteiger partial charge in [0.05, 0.1) is 16.4 Å². The molecule has 0 aliphatic carbocycles. The number of para-hydroxylation sites is 2. The summed E-state index contributed by atoms with van der Waals surface area (Å²) in [6.07, 6.45) is 1.96. The van der Waals surface area contributed by atoms with Gasteiger partial charge in [0.2, 0.25) is 0 Å². The van der Waals surface area contributed by atoms with Crippen LogP contribution in [0.3, 0.4) is 0 Å². The highest BCUT2D eigenvalue weighted by atomic mass is 35.5. The number of aromatic nitrogens is 2. The summed E-state index contributed by atoms with van der Waals surface area (Å²) in [5.74, 6) is 0.443. The Morgan fingerprint density at radius 3 is 2.36 bits per heavy atom. The normalized spacial score (nSPS) is 10.7. The van der Waals surface area contributed by atoms with Crippen LogP contribution < -0.4 is 10.1 Å². The number of carbonyl (C=O) groups excluding carboxylic acids is 1. The molecule has 1 aromatic heterocycles. The van der Waals surface area contributed by atoms with Gasteiger partial charge in [0.1, 0.15) is 12.4 Å². The highest BCUT2D eigenvalue weighted by Gasteiger charge is 2.14. The SMILES string of the molecule is O=C(NCc1cn(-c2ccccc2)nc1-c1ccccc1)c1cccc(COc2ccccc2Cl)c1. The van der Waals surface area contributed by atoms with Crippen LogP contribution >= 0.6 is 11.6 Å². The van der Waals surface area contributed by atoms with Gasteiger partial charge in [-0.1, -0.05) is 84.4 Å². The van der Waals surface area contributed by atoms with E-state index in [1.807, 2.05) is 108 Å². The Morgan fingerprint density at radius 2 is 1.58 bits per heavy atom. The number of nitrogens with zero attached hydrogens (tertiary/aromatic N) is 2. The van der Waals surface area contributed by atoms with Crippen LogP contribution in [0.2, 0.25) is 5.02 Å². The van der Waals surface area contributed by atoms with Crippen LogP contribution in [-0.2, 0) is 13.2 Å². The zero-order valence-electron chi connectivity index (χ0n) is 19.5. The van der Waals surface area contributed by atoms with Crippen LogP contribution in [0, 0.1) is 0 Å². The maximum absolute atomic E-state index is 13.0. The van der Waals surface area contributed by atoms with E-state index in [0.29, 0.717) is 29.5 Å². The van der Waals surface area contributed by atoms with E-state index in [2.05, 4.69) is 5.32 Å². The number of carbonyl (C=O) groups is 1. The fourth-order valence-electron chi connectivity index (χ4n) is 3.89. The van der Waals surface area contributed by atoms with Crippen LogP contribution in [0.15, 0.2) is 115 Å². The van der Waals surface area contributed by atoms with Gasteiger partial charge in [-0.05, 0) is 42.0 Å². The molecule has 0 unspecified atom stereocenters. The number of hydrogen-bond acceptors (Lipinski definition) is 3. The van der Waals surface area contributed by atoms with Crippen molar-refractivity contribution in [3.05, 3.63) is 137 Å². The second kappa shape index (κ2) is 10.9. The zero-order chi connectivity index (χ0) is 24.7. The lowest BCUT2D eigenvalue weighted by Gasteiger charge is -2.10. The molecule has 6 heteroatoms. The third kappa shape index (κ3) is 5.48. The van der Waals surface area contributed by atoms with E-state index in [1.165, 1.54) is 0 Å². The van der Waals surface area contributed by atoms with E-state index in [0.717, 1.165) is 28.1 Å². The number of ether oxygens (including phenoxy) is 1. The maximum atomic E-state index is 13.0. The summed E-state index contributed by atoms with van der Waals surface area (Å²) in [4.78, 5) is 13.0. The summed E-state index contributed by atoms with van der Waals surface area (Å²) in [6, 6.07) is 34.6. The van der Waals surface area contributed by atoms with Gasteiger partial charge in [-0.3, -0.25) is 4.79 Å². The molecule has 0 fully saturated rings. The van der Waals surface area contributed by atoms with Gasteiger partial charge in [0.15, 0.2) is 0 Å². The van der Waals surface area contributed by atoms with Crippen LogP contribution in [0.4, 0.5) is 0 Å². The molecule has 0 aliphatic rings. The Morgan fingerprint density at radius 1 is 0.861 bits per heavy atom. The van der Waals surface area contributed by atoms with Crippen molar-refractivity contribution in [1.29, 1.82) is 0 Å². The van der Waals surface area contributed by atoms with Crippen molar-refractivity contribution in [3.63, 3.8) is 0 Å². The molecule has 0 saturated carbocycles. The topological polar surface area (TPSA) is 56.2 Å². The van der Waals surface area contributed by atoms with E-state index in [1.54, 1.807) is 12.1 Å². The van der Waals surface area contributed by atoms with E-state index >= 15 is 0 Å². The Bertz CT molecular complexity index is 1470. The number of nitrogens with one attached hydrogen (secondary N) is 1. The van der Waals surface area contributed by atoms with Crippen molar-refractivity contribution in [2.45, 2.75) is 13.2 Å². The maximum Gasteiger partial charge on any atom is 0.251 e. The molecule has 5 rings (SSSR count). The van der Waals surface area contributed by atoms with Crippen molar-refractivity contribution in [1.82, 2.24) is 15.1 Å². The molecule has 178 valence electrons. The highest BCUT2D eigenvalue weighted by Crippen LogP contribution is 2.25. The predicted molar refractivity (Wildman–Crippen MR) is 142 cm³/mol. The molecular formula is C30H24ClN3O2. The van der Waals surface area contributed by atoms with Gasteiger partial charge >= 0.3 is 0 Å². The molecule has 1 heterocycles. The number of benzene rings is 4. The predicted octanol–water partition coefficient (Wildman–Crippen LogP) is 6.70. The molecule has 4 aromatic carbocycles. The summed E-state index contributed by atoms with van der Waals surface area (Å²) in [6.45, 7) is 0.656. The first-order valence-corrected chi connectivity index (χ1v) is 12.0. The number of halogens is 1. The van der Waals surface area contributed by atoms with Crippen molar-refractivity contribution >= 4 is 17.5 Å². The Hall–Kier alpha value is -4.35. The lowest BCUT2D eigenvalue weighted by atomic mass is 10.1. The highest BCUT2D eigenvalue weighted by molar-refractivity contribution is 6.32. The fourth-order valence-corrected chi connectivity index (χ4v) is 4.08. The van der Waals surface area contributed by atoms with Crippen molar-refractivity contribution in [2.75, 3.05) is 0 Å². The van der Waals surface area contributed by atoms with Crippen molar-refractivity contribution < 1.29 is 9.53 Å². The molecule has 0 atom stereocenters. The van der Waals surface area contributed by atoms with Gasteiger partial charge in [0, 0.05) is 29.4 Å². The molecule has 5 aromatic rings. The van der Waals surface area contributed by atoms with Crippen LogP contribution in [-0.4, -0.2) is 15.7 Å². The molecule has 0 aliphatic heterocycles. The molecule has 0 bridgehead atoms. The Balaban J connectivity index is 1.31. The summed E-state index contributed by atoms with van der Waals surface area (Å²) in [5.41, 5.74) is 5.16. The second-order valence-corrected chi connectivity index (χ2v) is 8.66. The minimum Gasteiger partial charge on any atom is -0.487 e. The van der Waals surface area contributed by atoms with Gasteiger partial charge in [0.25, 0.3) is 5.91 Å². The van der Waals surface area contributed by atoms with Crippen LogP contribution in [0.25, 0.3) is 16.9 Å². The third-order valence-electron chi connectivity index (χ3n) is 5.72. The molecular weight excluding hydrogens is 470 g/mol. The summed E-state index contributed by atoms with van der Waals surface area (Å²) >= 11 is 6.17. The quantitative estimate of drug-likeness (QED) is 0.261. The fraction of sp³-hybridized carbons (Fsp3) is 0.0667. The number of amides is 1. The second-order valence-electron chi connectivity index (χ2n) is 8.25. The smallest absolute Gasteiger partial charge is 0.251 e. The van der Waals surface area contributed by atoms with Crippen molar-refractivity contribution in [3.8, 4) is 22.7 Å². The minimum atomic E-state index is -0.166. The van der Waals surface area contributed by atoms with Crippen molar-refractivity contribution in [2.24, 2.45) is 0 Å². The van der Waals surface area contributed by atoms with Gasteiger partial charge in [-0.25, -0.2) is 4.68 Å². The van der Waals surface area contributed by atoms with Crippen LogP contribution in [0.5, 0.6) is 5.75 Å². The summed E-state index contributed by atoms with van der Waals surface area (Å²) in [7, 11) is 0. The largest absolute Gasteiger partial charge is 0.487 e. The molecule has 0 spiro atoms. The zero-order valence-corrected chi connectivity index (χ0v) is 20.2.